The molecule has 3 aromatic rings. The Labute approximate surface area is 174 Å². The van der Waals surface area contributed by atoms with E-state index in [9.17, 15) is 4.79 Å². The van der Waals surface area contributed by atoms with Gasteiger partial charge in [-0.25, -0.2) is 0 Å². The van der Waals surface area contributed by atoms with Crippen LogP contribution in [0.25, 0.3) is 11.3 Å². The van der Waals surface area contributed by atoms with Gasteiger partial charge in [0.15, 0.2) is 6.61 Å². The van der Waals surface area contributed by atoms with Gasteiger partial charge >= 0.3 is 0 Å². The summed E-state index contributed by atoms with van der Waals surface area (Å²) in [5.74, 6) is 0.461. The number of rotatable bonds is 7. The highest BCUT2D eigenvalue weighted by molar-refractivity contribution is 6.30. The van der Waals surface area contributed by atoms with Crippen LogP contribution in [-0.2, 0) is 24.2 Å². The number of carbonyl (C=O) groups excluding carboxylic acids is 1. The molecule has 2 heterocycles. The van der Waals surface area contributed by atoms with Crippen LogP contribution >= 0.6 is 11.6 Å². The number of fused-ring (bicyclic) bond motifs is 1. The van der Waals surface area contributed by atoms with Crippen LogP contribution in [0.1, 0.15) is 24.1 Å². The summed E-state index contributed by atoms with van der Waals surface area (Å²) in [7, 11) is 0. The fraction of sp³-hybridized carbons (Fsp3) is 0.318. The van der Waals surface area contributed by atoms with Gasteiger partial charge in [0.2, 0.25) is 0 Å². The molecular formula is C22H23ClN4O2. The number of pyridine rings is 1. The lowest BCUT2D eigenvalue weighted by Gasteiger charge is -2.14. The van der Waals surface area contributed by atoms with Crippen molar-refractivity contribution in [2.24, 2.45) is 0 Å². The van der Waals surface area contributed by atoms with Crippen molar-refractivity contribution in [1.82, 2.24) is 20.1 Å². The van der Waals surface area contributed by atoms with E-state index >= 15 is 0 Å². The average Bonchev–Trinajstić information content (AvgIpc) is 3.13. The Morgan fingerprint density at radius 1 is 1.10 bits per heavy atom. The number of hydrogen-bond acceptors (Lipinski definition) is 4. The van der Waals surface area contributed by atoms with Crippen molar-refractivity contribution in [2.45, 2.75) is 32.2 Å². The first-order valence-corrected chi connectivity index (χ1v) is 10.2. The molecule has 0 spiro atoms. The van der Waals surface area contributed by atoms with Crippen molar-refractivity contribution in [3.63, 3.8) is 0 Å². The molecule has 0 aliphatic heterocycles. The zero-order valence-electron chi connectivity index (χ0n) is 16.1. The number of hydrogen-bond donors (Lipinski definition) is 1. The Morgan fingerprint density at radius 3 is 2.66 bits per heavy atom. The SMILES string of the molecule is O=C(COc1ccc(Cl)cc1)NCCn1nc(-c2ccncc2)c2c1CCCC2. The van der Waals surface area contributed by atoms with E-state index in [1.807, 2.05) is 16.8 Å². The minimum atomic E-state index is -0.157. The van der Waals surface area contributed by atoms with Gasteiger partial charge in [0.05, 0.1) is 12.2 Å². The van der Waals surface area contributed by atoms with Crippen molar-refractivity contribution in [1.29, 1.82) is 0 Å². The summed E-state index contributed by atoms with van der Waals surface area (Å²) in [6.07, 6.45) is 8.04. The first-order valence-electron chi connectivity index (χ1n) is 9.85. The van der Waals surface area contributed by atoms with Crippen LogP contribution in [0.2, 0.25) is 5.02 Å². The van der Waals surface area contributed by atoms with Crippen molar-refractivity contribution < 1.29 is 9.53 Å². The number of benzene rings is 1. The van der Waals surface area contributed by atoms with Gasteiger partial charge in [-0.3, -0.25) is 14.5 Å². The maximum Gasteiger partial charge on any atom is 0.258 e. The van der Waals surface area contributed by atoms with E-state index < -0.39 is 0 Å². The van der Waals surface area contributed by atoms with Crippen LogP contribution < -0.4 is 10.1 Å². The summed E-state index contributed by atoms with van der Waals surface area (Å²) >= 11 is 5.85. The topological polar surface area (TPSA) is 69.0 Å². The summed E-state index contributed by atoms with van der Waals surface area (Å²) in [6.45, 7) is 1.12. The maximum atomic E-state index is 12.1. The number of carbonyl (C=O) groups is 1. The molecule has 1 aromatic carbocycles. The molecule has 4 rings (SSSR count). The van der Waals surface area contributed by atoms with Gasteiger partial charge in [-0.15, -0.1) is 0 Å². The maximum absolute atomic E-state index is 12.1. The van der Waals surface area contributed by atoms with E-state index in [4.69, 9.17) is 21.4 Å². The van der Waals surface area contributed by atoms with Gasteiger partial charge in [-0.05, 0) is 62.1 Å². The number of nitrogens with zero attached hydrogens (tertiary/aromatic N) is 3. The molecule has 29 heavy (non-hydrogen) atoms. The molecular weight excluding hydrogens is 388 g/mol. The summed E-state index contributed by atoms with van der Waals surface area (Å²) < 4.78 is 7.53. The third-order valence-electron chi connectivity index (χ3n) is 5.04. The minimum absolute atomic E-state index is 0.0267. The van der Waals surface area contributed by atoms with Crippen molar-refractivity contribution in [3.8, 4) is 17.0 Å². The van der Waals surface area contributed by atoms with E-state index in [0.717, 1.165) is 24.1 Å². The number of amides is 1. The summed E-state index contributed by atoms with van der Waals surface area (Å²) in [4.78, 5) is 16.2. The quantitative estimate of drug-likeness (QED) is 0.645. The monoisotopic (exact) mass is 410 g/mol. The highest BCUT2D eigenvalue weighted by atomic mass is 35.5. The van der Waals surface area contributed by atoms with Crippen LogP contribution in [0.4, 0.5) is 0 Å². The molecule has 2 aromatic heterocycles. The molecule has 7 heteroatoms. The number of halogens is 1. The highest BCUT2D eigenvalue weighted by Gasteiger charge is 2.21. The first-order chi connectivity index (χ1) is 14.2. The van der Waals surface area contributed by atoms with Crippen molar-refractivity contribution in [2.75, 3.05) is 13.2 Å². The summed E-state index contributed by atoms with van der Waals surface area (Å²) in [5.41, 5.74) is 4.76. The van der Waals surface area contributed by atoms with Crippen LogP contribution in [0.15, 0.2) is 48.8 Å². The standard InChI is InChI=1S/C22H23ClN4O2/c23-17-5-7-18(8-6-17)29-15-21(28)25-13-14-27-20-4-2-1-3-19(20)22(26-27)16-9-11-24-12-10-16/h5-12H,1-4,13-15H2,(H,25,28). The normalized spacial score (nSPS) is 13.0. The minimum Gasteiger partial charge on any atom is -0.484 e. The molecule has 0 fully saturated rings. The Bertz CT molecular complexity index is 970. The Balaban J connectivity index is 1.35. The number of nitrogens with one attached hydrogen (secondary N) is 1. The molecule has 0 saturated heterocycles. The molecule has 1 N–H and O–H groups in total. The van der Waals surface area contributed by atoms with Crippen molar-refractivity contribution in [3.05, 3.63) is 65.1 Å². The zero-order chi connectivity index (χ0) is 20.1. The second-order valence-corrected chi connectivity index (χ2v) is 7.47. The lowest BCUT2D eigenvalue weighted by molar-refractivity contribution is -0.123. The second-order valence-electron chi connectivity index (χ2n) is 7.03. The lowest BCUT2D eigenvalue weighted by Crippen LogP contribution is -2.32. The summed E-state index contributed by atoms with van der Waals surface area (Å²) in [6, 6.07) is 10.9. The van der Waals surface area contributed by atoms with Crippen LogP contribution in [0.3, 0.4) is 0 Å². The smallest absolute Gasteiger partial charge is 0.258 e. The van der Waals surface area contributed by atoms with Gasteiger partial charge < -0.3 is 10.1 Å². The molecule has 0 bridgehead atoms. The average molecular weight is 411 g/mol. The molecule has 0 unspecified atom stereocenters. The van der Waals surface area contributed by atoms with E-state index in [1.54, 1.807) is 36.7 Å². The van der Waals surface area contributed by atoms with E-state index in [-0.39, 0.29) is 12.5 Å². The third-order valence-corrected chi connectivity index (χ3v) is 5.29. The molecule has 0 atom stereocenters. The molecule has 0 radical (unpaired) electrons. The fourth-order valence-corrected chi connectivity index (χ4v) is 3.76. The summed E-state index contributed by atoms with van der Waals surface area (Å²) in [5, 5.41) is 8.40. The van der Waals surface area contributed by atoms with Gasteiger partial charge in [-0.2, -0.15) is 5.10 Å². The first kappa shape index (κ1) is 19.5. The van der Waals surface area contributed by atoms with E-state index in [1.165, 1.54) is 24.1 Å². The van der Waals surface area contributed by atoms with Gasteiger partial charge in [0.1, 0.15) is 5.75 Å². The fourth-order valence-electron chi connectivity index (χ4n) is 3.63. The molecule has 150 valence electrons. The third kappa shape index (κ3) is 4.77. The lowest BCUT2D eigenvalue weighted by atomic mass is 9.94. The largest absolute Gasteiger partial charge is 0.484 e. The van der Waals surface area contributed by atoms with Gasteiger partial charge in [-0.1, -0.05) is 11.6 Å². The van der Waals surface area contributed by atoms with Crippen molar-refractivity contribution >= 4 is 17.5 Å². The zero-order valence-corrected chi connectivity index (χ0v) is 16.9. The van der Waals surface area contributed by atoms with Crippen LogP contribution in [-0.4, -0.2) is 33.8 Å². The molecule has 1 amide bonds. The predicted octanol–water partition coefficient (Wildman–Crippen LogP) is 3.67. The molecule has 1 aliphatic carbocycles. The number of aromatic nitrogens is 3. The highest BCUT2D eigenvalue weighted by Crippen LogP contribution is 2.30. The molecule has 6 nitrogen and oxygen atoms in total. The van der Waals surface area contributed by atoms with Gasteiger partial charge in [0.25, 0.3) is 5.91 Å². The van der Waals surface area contributed by atoms with Gasteiger partial charge in [0, 0.05) is 40.8 Å². The second kappa shape index (κ2) is 9.09. The van der Waals surface area contributed by atoms with E-state index in [2.05, 4.69) is 10.3 Å². The Hall–Kier alpha value is -2.86. The van der Waals surface area contributed by atoms with Crippen LogP contribution in [0.5, 0.6) is 5.75 Å². The van der Waals surface area contributed by atoms with E-state index in [0.29, 0.717) is 23.9 Å². The predicted molar refractivity (Wildman–Crippen MR) is 112 cm³/mol. The van der Waals surface area contributed by atoms with Crippen LogP contribution in [0, 0.1) is 0 Å². The molecule has 0 saturated carbocycles. The Morgan fingerprint density at radius 2 is 1.86 bits per heavy atom. The molecule has 1 aliphatic rings. The number of ether oxygens (including phenoxy) is 1. The Kier molecular flexibility index (Phi) is 6.10.